The molecule has 174 valence electrons. The zero-order chi connectivity index (χ0) is 23.9. The summed E-state index contributed by atoms with van der Waals surface area (Å²) in [7, 11) is 1.64. The average molecular weight is 459 g/mol. The zero-order valence-corrected chi connectivity index (χ0v) is 19.5. The molecule has 0 N–H and O–H groups in total. The van der Waals surface area contributed by atoms with Gasteiger partial charge < -0.3 is 14.2 Å². The zero-order valence-electron chi connectivity index (χ0n) is 19.5. The number of ether oxygens (including phenoxy) is 1. The number of imidazole rings is 1. The number of hydrogen-bond acceptors (Lipinski definition) is 4. The molecular formula is C27H27FN4O2. The minimum Gasteiger partial charge on any atom is -0.495 e. The number of aryl methyl sites for hydroxylation is 1. The van der Waals surface area contributed by atoms with Gasteiger partial charge in [-0.2, -0.15) is 4.99 Å². The molecule has 3 heterocycles. The van der Waals surface area contributed by atoms with Crippen LogP contribution in [0.4, 0.5) is 4.39 Å². The van der Waals surface area contributed by atoms with E-state index < -0.39 is 5.54 Å². The third-order valence-corrected chi connectivity index (χ3v) is 6.77. The molecule has 0 radical (unpaired) electrons. The first kappa shape index (κ1) is 22.1. The van der Waals surface area contributed by atoms with Crippen molar-refractivity contribution in [3.05, 3.63) is 83.7 Å². The molecule has 2 aliphatic heterocycles. The van der Waals surface area contributed by atoms with Crippen LogP contribution in [0.15, 0.2) is 66.1 Å². The van der Waals surface area contributed by atoms with Crippen molar-refractivity contribution in [3.8, 4) is 11.4 Å². The second-order valence-corrected chi connectivity index (χ2v) is 8.94. The summed E-state index contributed by atoms with van der Waals surface area (Å²) >= 11 is 0. The summed E-state index contributed by atoms with van der Waals surface area (Å²) < 4.78 is 21.1. The van der Waals surface area contributed by atoms with E-state index in [0.717, 1.165) is 41.1 Å². The van der Waals surface area contributed by atoms with E-state index in [4.69, 9.17) is 4.74 Å². The predicted octanol–water partition coefficient (Wildman–Crippen LogP) is 5.05. The normalized spacial score (nSPS) is 22.2. The van der Waals surface area contributed by atoms with E-state index in [1.165, 1.54) is 12.1 Å². The van der Waals surface area contributed by atoms with Gasteiger partial charge in [-0.1, -0.05) is 24.3 Å². The quantitative estimate of drug-likeness (QED) is 0.537. The number of nitrogens with zero attached hydrogens (tertiary/aromatic N) is 4. The second kappa shape index (κ2) is 8.56. The van der Waals surface area contributed by atoms with Crippen LogP contribution in [-0.4, -0.2) is 39.3 Å². The first-order valence-corrected chi connectivity index (χ1v) is 11.5. The van der Waals surface area contributed by atoms with Gasteiger partial charge in [-0.15, -0.1) is 0 Å². The number of aromatic nitrogens is 2. The molecule has 1 aromatic heterocycles. The SMILES string of the molecule is COc1cc(/C=C/C2=NC(=O)C3(c4ccc(F)cc4)CCCC(C)N23)ccc1-n1cnc(C)c1. The minimum atomic E-state index is -0.869. The second-order valence-electron chi connectivity index (χ2n) is 8.94. The van der Waals surface area contributed by atoms with Gasteiger partial charge in [0, 0.05) is 12.2 Å². The first-order chi connectivity index (χ1) is 16.4. The number of hydrogen-bond donors (Lipinski definition) is 0. The molecule has 2 unspecified atom stereocenters. The number of amides is 1. The topological polar surface area (TPSA) is 59.7 Å². The highest BCUT2D eigenvalue weighted by Crippen LogP contribution is 2.45. The number of methoxy groups -OCH3 is 1. The van der Waals surface area contributed by atoms with Gasteiger partial charge in [0.2, 0.25) is 0 Å². The van der Waals surface area contributed by atoms with Gasteiger partial charge in [0.05, 0.1) is 24.8 Å². The smallest absolute Gasteiger partial charge is 0.278 e. The lowest BCUT2D eigenvalue weighted by Gasteiger charge is -2.46. The maximum atomic E-state index is 13.6. The molecule has 7 heteroatoms. The lowest BCUT2D eigenvalue weighted by Crippen LogP contribution is -2.55. The first-order valence-electron chi connectivity index (χ1n) is 11.5. The van der Waals surface area contributed by atoms with Crippen molar-refractivity contribution >= 4 is 17.8 Å². The van der Waals surface area contributed by atoms with Crippen LogP contribution in [0.2, 0.25) is 0 Å². The van der Waals surface area contributed by atoms with Crippen LogP contribution < -0.4 is 4.74 Å². The fourth-order valence-electron chi connectivity index (χ4n) is 5.15. The van der Waals surface area contributed by atoms with E-state index in [-0.39, 0.29) is 17.8 Å². The number of aliphatic imine (C=N–C) groups is 1. The van der Waals surface area contributed by atoms with Crippen molar-refractivity contribution in [3.63, 3.8) is 0 Å². The number of carbonyl (C=O) groups is 1. The Morgan fingerprint density at radius 2 is 1.97 bits per heavy atom. The summed E-state index contributed by atoms with van der Waals surface area (Å²) in [5.74, 6) is 0.852. The van der Waals surface area contributed by atoms with Crippen LogP contribution in [0.1, 0.15) is 43.0 Å². The lowest BCUT2D eigenvalue weighted by molar-refractivity contribution is -0.128. The number of fused-ring (bicyclic) bond motifs is 1. The fraction of sp³-hybridized carbons (Fsp3) is 0.296. The van der Waals surface area contributed by atoms with E-state index in [1.54, 1.807) is 25.6 Å². The lowest BCUT2D eigenvalue weighted by atomic mass is 9.78. The van der Waals surface area contributed by atoms with Gasteiger partial charge in [0.15, 0.2) is 0 Å². The van der Waals surface area contributed by atoms with Crippen molar-refractivity contribution in [1.82, 2.24) is 14.5 Å². The van der Waals surface area contributed by atoms with E-state index in [0.29, 0.717) is 12.3 Å². The molecule has 3 aromatic rings. The Morgan fingerprint density at radius 1 is 1.18 bits per heavy atom. The predicted molar refractivity (Wildman–Crippen MR) is 130 cm³/mol. The van der Waals surface area contributed by atoms with Gasteiger partial charge in [-0.3, -0.25) is 4.79 Å². The Morgan fingerprint density at radius 3 is 2.68 bits per heavy atom. The van der Waals surface area contributed by atoms with Gasteiger partial charge in [0.1, 0.15) is 22.9 Å². The Labute approximate surface area is 198 Å². The average Bonchev–Trinajstić information content (AvgIpc) is 3.40. The summed E-state index contributed by atoms with van der Waals surface area (Å²) in [6.45, 7) is 4.06. The molecule has 0 spiro atoms. The third kappa shape index (κ3) is 3.61. The Bertz CT molecular complexity index is 1290. The number of amidine groups is 1. The highest BCUT2D eigenvalue weighted by Gasteiger charge is 2.54. The van der Waals surface area contributed by atoms with E-state index in [2.05, 4.69) is 21.8 Å². The largest absolute Gasteiger partial charge is 0.495 e. The van der Waals surface area contributed by atoms with E-state index in [1.807, 2.05) is 48.0 Å². The summed E-state index contributed by atoms with van der Waals surface area (Å²) in [4.78, 5) is 24.2. The molecule has 2 aliphatic rings. The summed E-state index contributed by atoms with van der Waals surface area (Å²) in [5, 5.41) is 0. The highest BCUT2D eigenvalue weighted by atomic mass is 19.1. The van der Waals surface area contributed by atoms with Crippen molar-refractivity contribution in [1.29, 1.82) is 0 Å². The fourth-order valence-corrected chi connectivity index (χ4v) is 5.15. The monoisotopic (exact) mass is 458 g/mol. The van der Waals surface area contributed by atoms with Crippen molar-refractivity contribution in [2.24, 2.45) is 4.99 Å². The third-order valence-electron chi connectivity index (χ3n) is 6.77. The number of carbonyl (C=O) groups excluding carboxylic acids is 1. The minimum absolute atomic E-state index is 0.134. The molecule has 1 fully saturated rings. The molecule has 0 aliphatic carbocycles. The molecule has 1 saturated heterocycles. The van der Waals surface area contributed by atoms with Gasteiger partial charge in [0.25, 0.3) is 5.91 Å². The maximum absolute atomic E-state index is 13.6. The van der Waals surface area contributed by atoms with Crippen LogP contribution >= 0.6 is 0 Å². The number of rotatable bonds is 5. The van der Waals surface area contributed by atoms with Crippen LogP contribution in [0.5, 0.6) is 5.75 Å². The molecule has 1 amide bonds. The van der Waals surface area contributed by atoms with Gasteiger partial charge in [-0.05, 0) is 74.6 Å². The van der Waals surface area contributed by atoms with E-state index in [9.17, 15) is 9.18 Å². The van der Waals surface area contributed by atoms with Crippen molar-refractivity contribution in [2.45, 2.75) is 44.7 Å². The number of halogens is 1. The number of piperidine rings is 1. The molecule has 34 heavy (non-hydrogen) atoms. The Hall–Kier alpha value is -3.74. The number of benzene rings is 2. The van der Waals surface area contributed by atoms with Gasteiger partial charge in [-0.25, -0.2) is 9.37 Å². The molecule has 0 saturated carbocycles. The highest BCUT2D eigenvalue weighted by molar-refractivity contribution is 6.12. The maximum Gasteiger partial charge on any atom is 0.278 e. The summed E-state index contributed by atoms with van der Waals surface area (Å²) in [6, 6.07) is 12.3. The molecule has 5 rings (SSSR count). The molecule has 2 aromatic carbocycles. The van der Waals surface area contributed by atoms with Gasteiger partial charge >= 0.3 is 0 Å². The van der Waals surface area contributed by atoms with Crippen LogP contribution in [0.3, 0.4) is 0 Å². The molecule has 0 bridgehead atoms. The standard InChI is InChI=1S/C27H27FN4O2/c1-18-16-31(17-29-18)23-12-6-20(15-24(23)34-3)7-13-25-30-26(33)27(14-4-5-19(2)32(25)27)21-8-10-22(28)11-9-21/h6-13,15-17,19H,4-5,14H2,1-3H3/b13-7+. The van der Waals surface area contributed by atoms with Crippen LogP contribution in [0, 0.1) is 12.7 Å². The molecular weight excluding hydrogens is 431 g/mol. The molecule has 2 atom stereocenters. The molecule has 6 nitrogen and oxygen atoms in total. The Kier molecular flexibility index (Phi) is 5.55. The van der Waals surface area contributed by atoms with Crippen molar-refractivity contribution in [2.75, 3.05) is 7.11 Å². The van der Waals surface area contributed by atoms with E-state index >= 15 is 0 Å². The van der Waals surface area contributed by atoms with Crippen LogP contribution in [-0.2, 0) is 10.3 Å². The summed E-state index contributed by atoms with van der Waals surface area (Å²) in [5.41, 5.74) is 2.67. The Balaban J connectivity index is 1.47. The summed E-state index contributed by atoms with van der Waals surface area (Å²) in [6.07, 6.45) is 10.1. The van der Waals surface area contributed by atoms with Crippen LogP contribution in [0.25, 0.3) is 11.8 Å². The van der Waals surface area contributed by atoms with Crippen molar-refractivity contribution < 1.29 is 13.9 Å².